The van der Waals surface area contributed by atoms with E-state index in [1.807, 2.05) is 26.8 Å². The molecule has 1 aliphatic heterocycles. The third-order valence-electron chi connectivity index (χ3n) is 3.98. The van der Waals surface area contributed by atoms with E-state index in [-0.39, 0.29) is 6.10 Å². The van der Waals surface area contributed by atoms with Gasteiger partial charge in [-0.05, 0) is 57.2 Å². The summed E-state index contributed by atoms with van der Waals surface area (Å²) in [5.41, 5.74) is 1.41. The predicted octanol–water partition coefficient (Wildman–Crippen LogP) is 3.42. The Bertz CT molecular complexity index is 460. The molecule has 1 aromatic rings. The largest absolute Gasteiger partial charge is 0.496 e. The van der Waals surface area contributed by atoms with Gasteiger partial charge in [0.2, 0.25) is 0 Å². The summed E-state index contributed by atoms with van der Waals surface area (Å²) in [4.78, 5) is 0. The van der Waals surface area contributed by atoms with Crippen LogP contribution in [0.1, 0.15) is 50.7 Å². The molecule has 0 aromatic heterocycles. The number of hydrogen-bond donors (Lipinski definition) is 1. The van der Waals surface area contributed by atoms with Crippen molar-refractivity contribution in [1.29, 1.82) is 0 Å². The lowest BCUT2D eigenvalue weighted by Gasteiger charge is -2.29. The number of aliphatic hydroxyl groups is 1. The smallest absolute Gasteiger partial charge is 0.127 e. The molecule has 0 saturated heterocycles. The van der Waals surface area contributed by atoms with Crippen molar-refractivity contribution < 1.29 is 14.6 Å². The van der Waals surface area contributed by atoms with Crippen LogP contribution >= 0.6 is 0 Å². The Morgan fingerprint density at radius 1 is 1.32 bits per heavy atom. The lowest BCUT2D eigenvalue weighted by atomic mass is 9.91. The number of fused-ring (bicyclic) bond motifs is 1. The van der Waals surface area contributed by atoms with Gasteiger partial charge in [-0.1, -0.05) is 6.92 Å². The van der Waals surface area contributed by atoms with E-state index in [0.29, 0.717) is 5.92 Å². The minimum Gasteiger partial charge on any atom is -0.496 e. The molecule has 0 radical (unpaired) electrons. The van der Waals surface area contributed by atoms with Gasteiger partial charge in [-0.15, -0.1) is 0 Å². The molecular formula is C16H24O3. The van der Waals surface area contributed by atoms with Crippen LogP contribution in [0.2, 0.25) is 0 Å². The van der Waals surface area contributed by atoms with Gasteiger partial charge in [0, 0.05) is 5.56 Å². The van der Waals surface area contributed by atoms with Crippen molar-refractivity contribution in [2.75, 3.05) is 7.11 Å². The lowest BCUT2D eigenvalue weighted by Crippen LogP contribution is -2.40. The molecule has 0 fully saturated rings. The SMILES string of the molecule is COc1cc2c(cc1C)O[C@@H](C(C)(C)O)CC[C@@H]2C. The minimum atomic E-state index is -0.824. The van der Waals surface area contributed by atoms with E-state index in [1.54, 1.807) is 7.11 Å². The monoisotopic (exact) mass is 264 g/mol. The Morgan fingerprint density at radius 3 is 2.58 bits per heavy atom. The van der Waals surface area contributed by atoms with Crippen LogP contribution in [0.5, 0.6) is 11.5 Å². The van der Waals surface area contributed by atoms with E-state index >= 15 is 0 Å². The van der Waals surface area contributed by atoms with Crippen LogP contribution in [0.25, 0.3) is 0 Å². The number of methoxy groups -OCH3 is 1. The summed E-state index contributed by atoms with van der Waals surface area (Å²) in [7, 11) is 1.69. The van der Waals surface area contributed by atoms with E-state index in [1.165, 1.54) is 5.56 Å². The summed E-state index contributed by atoms with van der Waals surface area (Å²) in [5.74, 6) is 2.20. The van der Waals surface area contributed by atoms with E-state index in [4.69, 9.17) is 9.47 Å². The summed E-state index contributed by atoms with van der Waals surface area (Å²) < 4.78 is 11.5. The van der Waals surface area contributed by atoms with Crippen molar-refractivity contribution in [1.82, 2.24) is 0 Å². The molecule has 1 aromatic carbocycles. The summed E-state index contributed by atoms with van der Waals surface area (Å²) >= 11 is 0. The average molecular weight is 264 g/mol. The summed E-state index contributed by atoms with van der Waals surface area (Å²) in [6.07, 6.45) is 1.71. The maximum atomic E-state index is 10.2. The summed E-state index contributed by atoms with van der Waals surface area (Å²) in [6, 6.07) is 4.09. The molecule has 19 heavy (non-hydrogen) atoms. The third kappa shape index (κ3) is 2.86. The first-order chi connectivity index (χ1) is 8.82. The normalized spacial score (nSPS) is 23.3. The van der Waals surface area contributed by atoms with Crippen LogP contribution in [0.4, 0.5) is 0 Å². The van der Waals surface area contributed by atoms with E-state index in [9.17, 15) is 5.11 Å². The maximum Gasteiger partial charge on any atom is 0.127 e. The standard InChI is InChI=1S/C16H24O3/c1-10-6-7-15(16(3,4)17)19-14-8-11(2)13(18-5)9-12(10)14/h8-10,15,17H,6-7H2,1-5H3/t10-,15+/m0/s1. The zero-order chi connectivity index (χ0) is 14.2. The second kappa shape index (κ2) is 5.04. The highest BCUT2D eigenvalue weighted by Gasteiger charge is 2.33. The molecule has 2 rings (SSSR count). The molecule has 1 N–H and O–H groups in total. The molecule has 3 nitrogen and oxygen atoms in total. The molecule has 1 aliphatic rings. The zero-order valence-electron chi connectivity index (χ0n) is 12.5. The van der Waals surface area contributed by atoms with Gasteiger partial charge in [-0.3, -0.25) is 0 Å². The molecule has 0 aliphatic carbocycles. The number of rotatable bonds is 2. The molecule has 1 heterocycles. The van der Waals surface area contributed by atoms with Crippen molar-refractivity contribution in [3.63, 3.8) is 0 Å². The van der Waals surface area contributed by atoms with Crippen molar-refractivity contribution in [2.45, 2.75) is 58.2 Å². The average Bonchev–Trinajstić information content (AvgIpc) is 2.47. The van der Waals surface area contributed by atoms with Gasteiger partial charge in [0.25, 0.3) is 0 Å². The lowest BCUT2D eigenvalue weighted by molar-refractivity contribution is -0.0361. The second-order valence-electron chi connectivity index (χ2n) is 6.10. The Kier molecular flexibility index (Phi) is 3.77. The highest BCUT2D eigenvalue weighted by Crippen LogP contribution is 2.40. The van der Waals surface area contributed by atoms with E-state index < -0.39 is 5.60 Å². The second-order valence-corrected chi connectivity index (χ2v) is 6.10. The van der Waals surface area contributed by atoms with Crippen molar-refractivity contribution in [3.8, 4) is 11.5 Å². The van der Waals surface area contributed by atoms with Gasteiger partial charge in [0.15, 0.2) is 0 Å². The number of benzene rings is 1. The molecule has 3 heteroatoms. The fourth-order valence-corrected chi connectivity index (χ4v) is 2.65. The van der Waals surface area contributed by atoms with E-state index in [0.717, 1.165) is 29.9 Å². The fraction of sp³-hybridized carbons (Fsp3) is 0.625. The van der Waals surface area contributed by atoms with Gasteiger partial charge >= 0.3 is 0 Å². The zero-order valence-corrected chi connectivity index (χ0v) is 12.5. The van der Waals surface area contributed by atoms with Crippen molar-refractivity contribution in [2.24, 2.45) is 0 Å². The van der Waals surface area contributed by atoms with Gasteiger partial charge < -0.3 is 14.6 Å². The Hall–Kier alpha value is -1.22. The van der Waals surface area contributed by atoms with Crippen molar-refractivity contribution >= 4 is 0 Å². The molecule has 0 bridgehead atoms. The Morgan fingerprint density at radius 2 is 2.00 bits per heavy atom. The molecule has 0 unspecified atom stereocenters. The third-order valence-corrected chi connectivity index (χ3v) is 3.98. The van der Waals surface area contributed by atoms with Crippen LogP contribution in [0.3, 0.4) is 0 Å². The molecule has 106 valence electrons. The van der Waals surface area contributed by atoms with Gasteiger partial charge in [-0.25, -0.2) is 0 Å². The first-order valence-corrected chi connectivity index (χ1v) is 6.90. The molecule has 0 spiro atoms. The Labute approximate surface area is 115 Å². The van der Waals surface area contributed by atoms with Gasteiger partial charge in [0.05, 0.1) is 12.7 Å². The predicted molar refractivity (Wildman–Crippen MR) is 76.1 cm³/mol. The van der Waals surface area contributed by atoms with Crippen LogP contribution in [-0.2, 0) is 0 Å². The maximum absolute atomic E-state index is 10.2. The van der Waals surface area contributed by atoms with Gasteiger partial charge in [0.1, 0.15) is 17.6 Å². The molecule has 0 saturated carbocycles. The first kappa shape index (κ1) is 14.2. The Balaban J connectivity index is 2.42. The first-order valence-electron chi connectivity index (χ1n) is 6.90. The quantitative estimate of drug-likeness (QED) is 0.889. The number of aryl methyl sites for hydroxylation is 1. The van der Waals surface area contributed by atoms with E-state index in [2.05, 4.69) is 13.0 Å². The minimum absolute atomic E-state index is 0.163. The van der Waals surface area contributed by atoms with Crippen molar-refractivity contribution in [3.05, 3.63) is 23.3 Å². The number of hydrogen-bond acceptors (Lipinski definition) is 3. The highest BCUT2D eigenvalue weighted by atomic mass is 16.5. The van der Waals surface area contributed by atoms with Gasteiger partial charge in [-0.2, -0.15) is 0 Å². The summed E-state index contributed by atoms with van der Waals surface area (Å²) in [6.45, 7) is 7.83. The van der Waals surface area contributed by atoms with Crippen LogP contribution in [-0.4, -0.2) is 23.9 Å². The van der Waals surface area contributed by atoms with Crippen LogP contribution in [0.15, 0.2) is 12.1 Å². The molecule has 2 atom stereocenters. The highest BCUT2D eigenvalue weighted by molar-refractivity contribution is 5.48. The summed E-state index contributed by atoms with van der Waals surface area (Å²) in [5, 5.41) is 10.2. The fourth-order valence-electron chi connectivity index (χ4n) is 2.65. The number of ether oxygens (including phenoxy) is 2. The van der Waals surface area contributed by atoms with Crippen LogP contribution < -0.4 is 9.47 Å². The topological polar surface area (TPSA) is 38.7 Å². The van der Waals surface area contributed by atoms with Crippen LogP contribution in [0, 0.1) is 6.92 Å². The molecule has 0 amide bonds. The molecular weight excluding hydrogens is 240 g/mol.